The minimum Gasteiger partial charge on any atom is -0.376 e. The number of halogens is 3. The summed E-state index contributed by atoms with van der Waals surface area (Å²) in [5, 5.41) is 0. The number of alkyl halides is 3. The minimum absolute atomic E-state index is 0.351. The lowest BCUT2D eigenvalue weighted by atomic mass is 10.1. The molecule has 7 heteroatoms. The van der Waals surface area contributed by atoms with Gasteiger partial charge in [0.15, 0.2) is 0 Å². The predicted molar refractivity (Wildman–Crippen MR) is 99.9 cm³/mol. The second kappa shape index (κ2) is 13.9. The van der Waals surface area contributed by atoms with Gasteiger partial charge < -0.3 is 4.18 Å². The number of allylic oxidation sites excluding steroid dienone is 5. The Morgan fingerprint density at radius 3 is 2.00 bits per heavy atom. The van der Waals surface area contributed by atoms with Crippen molar-refractivity contribution in [2.24, 2.45) is 0 Å². The van der Waals surface area contributed by atoms with Gasteiger partial charge in [-0.15, -0.1) is 0 Å². The van der Waals surface area contributed by atoms with Crippen LogP contribution in [-0.2, 0) is 14.3 Å². The molecule has 0 aliphatic heterocycles. The van der Waals surface area contributed by atoms with E-state index in [-0.39, 0.29) is 5.76 Å². The number of unbranched alkanes of at least 4 members (excludes halogenated alkanes) is 9. The molecule has 0 fully saturated rings. The van der Waals surface area contributed by atoms with Crippen LogP contribution in [0.4, 0.5) is 13.2 Å². The molecular formula is C19H31F3O3S. The molecule has 0 rings (SSSR count). The third-order valence-corrected chi connectivity index (χ3v) is 4.68. The highest BCUT2D eigenvalue weighted by Gasteiger charge is 2.48. The second-order valence-corrected chi connectivity index (χ2v) is 7.64. The van der Waals surface area contributed by atoms with Crippen LogP contribution < -0.4 is 0 Å². The quantitative estimate of drug-likeness (QED) is 0.107. The molecule has 0 amide bonds. The van der Waals surface area contributed by atoms with Gasteiger partial charge in [-0.3, -0.25) is 0 Å². The first-order valence-corrected chi connectivity index (χ1v) is 10.7. The van der Waals surface area contributed by atoms with Crippen LogP contribution in [0.1, 0.15) is 78.1 Å². The van der Waals surface area contributed by atoms with E-state index in [4.69, 9.17) is 0 Å². The van der Waals surface area contributed by atoms with Gasteiger partial charge in [0.2, 0.25) is 0 Å². The fourth-order valence-electron chi connectivity index (χ4n) is 2.25. The van der Waals surface area contributed by atoms with Crippen molar-refractivity contribution in [3.63, 3.8) is 0 Å². The average Bonchev–Trinajstić information content (AvgIpc) is 2.56. The molecule has 26 heavy (non-hydrogen) atoms. The highest BCUT2D eigenvalue weighted by molar-refractivity contribution is 7.87. The van der Waals surface area contributed by atoms with Crippen molar-refractivity contribution in [1.82, 2.24) is 0 Å². The lowest BCUT2D eigenvalue weighted by molar-refractivity contribution is -0.0519. The van der Waals surface area contributed by atoms with Crippen LogP contribution in [0.25, 0.3) is 0 Å². The summed E-state index contributed by atoms with van der Waals surface area (Å²) in [6.45, 7) is 3.86. The summed E-state index contributed by atoms with van der Waals surface area (Å²) in [7, 11) is -5.65. The molecule has 0 aromatic rings. The molecule has 0 bridgehead atoms. The molecule has 0 unspecified atom stereocenters. The minimum atomic E-state index is -5.65. The Morgan fingerprint density at radius 1 is 0.962 bits per heavy atom. The molecule has 0 saturated heterocycles. The molecule has 0 atom stereocenters. The van der Waals surface area contributed by atoms with Crippen LogP contribution in [0, 0.1) is 0 Å². The van der Waals surface area contributed by atoms with Crippen molar-refractivity contribution < 1.29 is 25.8 Å². The average molecular weight is 397 g/mol. The summed E-state index contributed by atoms with van der Waals surface area (Å²) >= 11 is 0. The van der Waals surface area contributed by atoms with Gasteiger partial charge in [-0.1, -0.05) is 76.5 Å². The number of hydrogen-bond acceptors (Lipinski definition) is 3. The van der Waals surface area contributed by atoms with Crippen molar-refractivity contribution in [3.05, 3.63) is 36.1 Å². The van der Waals surface area contributed by atoms with Crippen molar-refractivity contribution in [1.29, 1.82) is 0 Å². The van der Waals surface area contributed by atoms with E-state index in [1.807, 2.05) is 0 Å². The molecule has 0 spiro atoms. The largest absolute Gasteiger partial charge is 0.534 e. The summed E-state index contributed by atoms with van der Waals surface area (Å²) in [6, 6.07) is 0. The summed E-state index contributed by atoms with van der Waals surface area (Å²) in [6.07, 6.45) is 18.4. The van der Waals surface area contributed by atoms with Crippen LogP contribution in [0.15, 0.2) is 36.1 Å². The van der Waals surface area contributed by atoms with Gasteiger partial charge in [0.1, 0.15) is 5.76 Å². The number of hydrogen-bond donors (Lipinski definition) is 0. The number of rotatable bonds is 14. The van der Waals surface area contributed by atoms with Crippen molar-refractivity contribution >= 4 is 10.1 Å². The van der Waals surface area contributed by atoms with E-state index < -0.39 is 15.6 Å². The SMILES string of the molecule is CC=CC=C(C=CCCCCCCCCCCC)OS(=O)(=O)C(F)(F)F. The van der Waals surface area contributed by atoms with E-state index in [0.717, 1.165) is 19.3 Å². The van der Waals surface area contributed by atoms with Crippen molar-refractivity contribution in [2.45, 2.75) is 83.6 Å². The normalized spacial score (nSPS) is 13.8. The van der Waals surface area contributed by atoms with Gasteiger partial charge in [0.25, 0.3) is 0 Å². The van der Waals surface area contributed by atoms with E-state index >= 15 is 0 Å². The first kappa shape index (κ1) is 24.8. The lowest BCUT2D eigenvalue weighted by Gasteiger charge is -2.09. The van der Waals surface area contributed by atoms with Gasteiger partial charge in [-0.05, 0) is 31.9 Å². The summed E-state index contributed by atoms with van der Waals surface area (Å²) in [4.78, 5) is 0. The third-order valence-electron chi connectivity index (χ3n) is 3.70. The van der Waals surface area contributed by atoms with E-state index in [9.17, 15) is 21.6 Å². The Labute approximate surface area is 156 Å². The van der Waals surface area contributed by atoms with Crippen molar-refractivity contribution in [2.75, 3.05) is 0 Å². The first-order chi connectivity index (χ1) is 12.2. The molecule has 0 heterocycles. The van der Waals surface area contributed by atoms with E-state index in [1.165, 1.54) is 56.8 Å². The second-order valence-electron chi connectivity index (χ2n) is 6.10. The van der Waals surface area contributed by atoms with Gasteiger partial charge in [-0.25, -0.2) is 0 Å². The van der Waals surface area contributed by atoms with Crippen LogP contribution in [0.2, 0.25) is 0 Å². The maximum absolute atomic E-state index is 12.4. The van der Waals surface area contributed by atoms with Crippen LogP contribution in [0.5, 0.6) is 0 Å². The first-order valence-electron chi connectivity index (χ1n) is 9.25. The Bertz CT molecular complexity index is 547. The topological polar surface area (TPSA) is 43.4 Å². The lowest BCUT2D eigenvalue weighted by Crippen LogP contribution is -2.25. The molecule has 152 valence electrons. The zero-order valence-corrected chi connectivity index (χ0v) is 16.5. The highest BCUT2D eigenvalue weighted by Crippen LogP contribution is 2.27. The standard InChI is InChI=1S/C19H31F3O3S/c1-3-5-7-8-9-10-11-12-13-14-15-17-18(16-6-4-2)25-26(23,24)19(20,21)22/h4,6,15-17H,3,5,7-14H2,1-2H3. The molecule has 0 aromatic carbocycles. The van der Waals surface area contributed by atoms with Crippen LogP contribution in [-0.4, -0.2) is 13.9 Å². The Kier molecular flexibility index (Phi) is 13.2. The highest BCUT2D eigenvalue weighted by atomic mass is 32.2. The zero-order valence-electron chi connectivity index (χ0n) is 15.7. The monoisotopic (exact) mass is 396 g/mol. The third kappa shape index (κ3) is 12.2. The summed E-state index contributed by atoms with van der Waals surface area (Å²) in [5.74, 6) is -0.351. The van der Waals surface area contributed by atoms with Crippen molar-refractivity contribution in [3.8, 4) is 0 Å². The van der Waals surface area contributed by atoms with Crippen LogP contribution in [0.3, 0.4) is 0 Å². The van der Waals surface area contributed by atoms with E-state index in [2.05, 4.69) is 11.1 Å². The molecule has 0 N–H and O–H groups in total. The zero-order chi connectivity index (χ0) is 19.9. The van der Waals surface area contributed by atoms with Gasteiger partial charge >= 0.3 is 15.6 Å². The molecule has 0 radical (unpaired) electrons. The fourth-order valence-corrected chi connectivity index (χ4v) is 2.71. The Hall–Kier alpha value is -1.24. The van der Waals surface area contributed by atoms with Gasteiger partial charge in [0.05, 0.1) is 0 Å². The van der Waals surface area contributed by atoms with E-state index in [0.29, 0.717) is 6.42 Å². The van der Waals surface area contributed by atoms with E-state index in [1.54, 1.807) is 19.1 Å². The van der Waals surface area contributed by atoms with Gasteiger partial charge in [0, 0.05) is 0 Å². The van der Waals surface area contributed by atoms with Crippen LogP contribution >= 0.6 is 0 Å². The summed E-state index contributed by atoms with van der Waals surface area (Å²) in [5.41, 5.74) is -5.44. The Balaban J connectivity index is 4.22. The molecule has 0 aliphatic rings. The van der Waals surface area contributed by atoms with Gasteiger partial charge in [-0.2, -0.15) is 21.6 Å². The molecule has 0 saturated carbocycles. The smallest absolute Gasteiger partial charge is 0.376 e. The molecular weight excluding hydrogens is 365 g/mol. The summed E-state index contributed by atoms with van der Waals surface area (Å²) < 4.78 is 63.5. The molecule has 0 aliphatic carbocycles. The Morgan fingerprint density at radius 2 is 1.50 bits per heavy atom. The maximum Gasteiger partial charge on any atom is 0.534 e. The fraction of sp³-hybridized carbons (Fsp3) is 0.684. The molecule has 0 aromatic heterocycles. The predicted octanol–water partition coefficient (Wildman–Crippen LogP) is 6.79. The molecule has 3 nitrogen and oxygen atoms in total. The maximum atomic E-state index is 12.4.